The van der Waals surface area contributed by atoms with E-state index in [9.17, 15) is 8.42 Å². The first-order valence-electron chi connectivity index (χ1n) is 8.08. The summed E-state index contributed by atoms with van der Waals surface area (Å²) in [6, 6.07) is 14.5. The number of rotatable bonds is 5. The van der Waals surface area contributed by atoms with Crippen LogP contribution in [0.5, 0.6) is 5.75 Å². The van der Waals surface area contributed by atoms with E-state index in [1.807, 2.05) is 42.7 Å². The highest BCUT2D eigenvalue weighted by atomic mass is 35.5. The number of nitrogens with zero attached hydrogens (tertiary/aromatic N) is 1. The van der Waals surface area contributed by atoms with E-state index < -0.39 is 10.0 Å². The van der Waals surface area contributed by atoms with Crippen molar-refractivity contribution < 1.29 is 13.2 Å². The minimum absolute atomic E-state index is 0. The Hall–Kier alpha value is -1.25. The fourth-order valence-electron chi connectivity index (χ4n) is 3.14. The van der Waals surface area contributed by atoms with Gasteiger partial charge in [0.05, 0.1) is 18.0 Å². The van der Waals surface area contributed by atoms with E-state index in [0.717, 1.165) is 10.5 Å². The van der Waals surface area contributed by atoms with Crippen LogP contribution in [-0.4, -0.2) is 45.7 Å². The molecule has 5 nitrogen and oxygen atoms in total. The zero-order valence-electron chi connectivity index (χ0n) is 14.7. The smallest absolute Gasteiger partial charge is 0.244 e. The highest BCUT2D eigenvalue weighted by molar-refractivity contribution is 7.99. The van der Waals surface area contributed by atoms with E-state index >= 15 is 0 Å². The molecule has 1 atom stereocenters. The van der Waals surface area contributed by atoms with Crippen molar-refractivity contribution in [2.75, 3.05) is 33.0 Å². The molecule has 0 saturated carbocycles. The summed E-state index contributed by atoms with van der Waals surface area (Å²) in [5, 5.41) is 3.30. The number of para-hydroxylation sites is 1. The van der Waals surface area contributed by atoms with Gasteiger partial charge in [-0.05, 0) is 24.5 Å². The molecular weight excluding hydrogens is 392 g/mol. The number of piperazine rings is 1. The summed E-state index contributed by atoms with van der Waals surface area (Å²) in [6.45, 7) is 1.61. The average Bonchev–Trinajstić information content (AvgIpc) is 2.67. The van der Waals surface area contributed by atoms with E-state index in [1.165, 1.54) is 11.8 Å². The second-order valence-corrected chi connectivity index (χ2v) is 8.44. The van der Waals surface area contributed by atoms with E-state index in [1.54, 1.807) is 23.5 Å². The summed E-state index contributed by atoms with van der Waals surface area (Å²) < 4.78 is 33.8. The fourth-order valence-corrected chi connectivity index (χ4v) is 5.87. The molecule has 0 aliphatic carbocycles. The number of nitrogens with one attached hydrogen (secondary N) is 1. The van der Waals surface area contributed by atoms with Gasteiger partial charge in [-0.15, -0.1) is 24.2 Å². The SMILES string of the molecule is COc1ccccc1C1CNCCN1S(=O)(=O)c1ccccc1SC.Cl. The van der Waals surface area contributed by atoms with Gasteiger partial charge in [-0.25, -0.2) is 8.42 Å². The van der Waals surface area contributed by atoms with Crippen LogP contribution in [0.1, 0.15) is 11.6 Å². The lowest BCUT2D eigenvalue weighted by atomic mass is 10.0. The van der Waals surface area contributed by atoms with Gasteiger partial charge in [-0.1, -0.05) is 30.3 Å². The predicted octanol–water partition coefficient (Wildman–Crippen LogP) is 3.17. The second kappa shape index (κ2) is 9.10. The van der Waals surface area contributed by atoms with Crippen molar-refractivity contribution in [1.29, 1.82) is 0 Å². The Bertz CT molecular complexity index is 846. The maximum absolute atomic E-state index is 13.4. The van der Waals surface area contributed by atoms with E-state index in [2.05, 4.69) is 5.32 Å². The van der Waals surface area contributed by atoms with Crippen LogP contribution in [0.4, 0.5) is 0 Å². The monoisotopic (exact) mass is 414 g/mol. The number of halogens is 1. The van der Waals surface area contributed by atoms with Gasteiger partial charge in [0.25, 0.3) is 0 Å². The summed E-state index contributed by atoms with van der Waals surface area (Å²) in [5.74, 6) is 0.703. The quantitative estimate of drug-likeness (QED) is 0.761. The molecule has 1 fully saturated rings. The van der Waals surface area contributed by atoms with E-state index in [0.29, 0.717) is 30.3 Å². The van der Waals surface area contributed by atoms with Crippen molar-refractivity contribution in [2.45, 2.75) is 15.8 Å². The Kier molecular flexibility index (Phi) is 7.37. The first-order chi connectivity index (χ1) is 12.1. The Morgan fingerprint density at radius 3 is 2.58 bits per heavy atom. The van der Waals surface area contributed by atoms with Crippen LogP contribution in [-0.2, 0) is 10.0 Å². The number of thioether (sulfide) groups is 1. The molecule has 0 bridgehead atoms. The van der Waals surface area contributed by atoms with Crippen molar-refractivity contribution in [3.8, 4) is 5.75 Å². The molecule has 0 radical (unpaired) electrons. The fraction of sp³-hybridized carbons (Fsp3) is 0.333. The third kappa shape index (κ3) is 4.02. The van der Waals surface area contributed by atoms with Gasteiger partial charge in [0, 0.05) is 30.1 Å². The van der Waals surface area contributed by atoms with Gasteiger partial charge in [0.2, 0.25) is 10.0 Å². The third-order valence-corrected chi connectivity index (χ3v) is 7.24. The Balaban J connectivity index is 0.00000243. The molecule has 2 aromatic rings. The maximum Gasteiger partial charge on any atom is 0.244 e. The van der Waals surface area contributed by atoms with Crippen molar-refractivity contribution >= 4 is 34.2 Å². The van der Waals surface area contributed by atoms with E-state index in [-0.39, 0.29) is 18.4 Å². The minimum Gasteiger partial charge on any atom is -0.496 e. The number of hydrogen-bond acceptors (Lipinski definition) is 5. The van der Waals surface area contributed by atoms with Gasteiger partial charge < -0.3 is 10.1 Å². The number of methoxy groups -OCH3 is 1. The van der Waals surface area contributed by atoms with Crippen LogP contribution < -0.4 is 10.1 Å². The van der Waals surface area contributed by atoms with Gasteiger partial charge in [-0.3, -0.25) is 0 Å². The van der Waals surface area contributed by atoms with Crippen LogP contribution in [0.3, 0.4) is 0 Å². The first kappa shape index (κ1) is 21.1. The minimum atomic E-state index is -3.61. The Morgan fingerprint density at radius 1 is 1.15 bits per heavy atom. The molecule has 0 amide bonds. The lowest BCUT2D eigenvalue weighted by Gasteiger charge is -2.36. The standard InChI is InChI=1S/C18H22N2O3S2.ClH/c1-23-16-8-4-3-7-14(16)15-13-19-11-12-20(15)25(21,22)18-10-6-5-9-17(18)24-2;/h3-10,15,19H,11-13H2,1-2H3;1H. The summed E-state index contributed by atoms with van der Waals surface area (Å²) in [5.41, 5.74) is 0.877. The topological polar surface area (TPSA) is 58.6 Å². The van der Waals surface area contributed by atoms with Gasteiger partial charge >= 0.3 is 0 Å². The average molecular weight is 415 g/mol. The zero-order valence-corrected chi connectivity index (χ0v) is 17.2. The lowest BCUT2D eigenvalue weighted by molar-refractivity contribution is 0.264. The molecule has 1 unspecified atom stereocenters. The molecule has 1 heterocycles. The lowest BCUT2D eigenvalue weighted by Crippen LogP contribution is -2.48. The van der Waals surface area contributed by atoms with Gasteiger partial charge in [-0.2, -0.15) is 4.31 Å². The molecule has 1 aliphatic heterocycles. The summed E-state index contributed by atoms with van der Waals surface area (Å²) in [6.07, 6.45) is 1.89. The number of benzene rings is 2. The molecule has 0 aromatic heterocycles. The van der Waals surface area contributed by atoms with Crippen LogP contribution in [0.25, 0.3) is 0 Å². The van der Waals surface area contributed by atoms with Crippen molar-refractivity contribution in [3.63, 3.8) is 0 Å². The molecule has 0 spiro atoms. The maximum atomic E-state index is 13.4. The molecule has 2 aromatic carbocycles. The van der Waals surface area contributed by atoms with Gasteiger partial charge in [0.1, 0.15) is 5.75 Å². The van der Waals surface area contributed by atoms with Crippen LogP contribution >= 0.6 is 24.2 Å². The van der Waals surface area contributed by atoms with Crippen LogP contribution in [0.2, 0.25) is 0 Å². The van der Waals surface area contributed by atoms with Crippen molar-refractivity contribution in [3.05, 3.63) is 54.1 Å². The highest BCUT2D eigenvalue weighted by Gasteiger charge is 2.36. The molecule has 1 aliphatic rings. The largest absolute Gasteiger partial charge is 0.496 e. The second-order valence-electron chi connectivity index (χ2n) is 5.73. The zero-order chi connectivity index (χ0) is 17.9. The van der Waals surface area contributed by atoms with Gasteiger partial charge in [0.15, 0.2) is 0 Å². The summed E-state index contributed by atoms with van der Waals surface area (Å²) in [7, 11) is -2.00. The Morgan fingerprint density at radius 2 is 1.85 bits per heavy atom. The summed E-state index contributed by atoms with van der Waals surface area (Å²) >= 11 is 1.44. The molecule has 1 saturated heterocycles. The van der Waals surface area contributed by atoms with E-state index in [4.69, 9.17) is 4.74 Å². The molecular formula is C18H23ClN2O3S2. The Labute approximate surface area is 165 Å². The van der Waals surface area contributed by atoms with Crippen LogP contribution in [0.15, 0.2) is 58.3 Å². The predicted molar refractivity (Wildman–Crippen MR) is 108 cm³/mol. The van der Waals surface area contributed by atoms with Crippen molar-refractivity contribution in [2.24, 2.45) is 0 Å². The van der Waals surface area contributed by atoms with Crippen LogP contribution in [0, 0.1) is 0 Å². The highest BCUT2D eigenvalue weighted by Crippen LogP contribution is 2.36. The third-order valence-electron chi connectivity index (χ3n) is 4.35. The molecule has 142 valence electrons. The number of sulfonamides is 1. The summed E-state index contributed by atoms with van der Waals surface area (Å²) in [4.78, 5) is 1.13. The number of hydrogen-bond donors (Lipinski definition) is 1. The molecule has 8 heteroatoms. The molecule has 26 heavy (non-hydrogen) atoms. The normalized spacial score (nSPS) is 18.2. The van der Waals surface area contributed by atoms with Crippen molar-refractivity contribution in [1.82, 2.24) is 9.62 Å². The molecule has 3 rings (SSSR count). The molecule has 1 N–H and O–H groups in total. The number of ether oxygens (including phenoxy) is 1. The first-order valence-corrected chi connectivity index (χ1v) is 10.7.